The molecule has 154 valence electrons. The number of benzene rings is 4. The first-order valence-electron chi connectivity index (χ1n) is 11.5. The molecule has 6 aromatic rings. The molecule has 2 heterocycles. The Kier molecular flexibility index (Phi) is 4.93. The number of aryl methyl sites for hydroxylation is 1. The number of unbranched alkanes of at least 4 members (excludes halogenated alkanes) is 4. The van der Waals surface area contributed by atoms with Crippen LogP contribution in [0.4, 0.5) is 0 Å². The fourth-order valence-corrected chi connectivity index (χ4v) is 7.01. The van der Waals surface area contributed by atoms with E-state index in [2.05, 4.69) is 73.0 Å². The molecule has 31 heavy (non-hydrogen) atoms. The highest BCUT2D eigenvalue weighted by atomic mass is 32.1. The van der Waals surface area contributed by atoms with Gasteiger partial charge in [0.25, 0.3) is 0 Å². The van der Waals surface area contributed by atoms with Gasteiger partial charge in [-0.05, 0) is 74.8 Å². The second-order valence-corrected chi connectivity index (χ2v) is 10.8. The molecule has 0 saturated heterocycles. The first-order valence-corrected chi connectivity index (χ1v) is 13.2. The van der Waals surface area contributed by atoms with Gasteiger partial charge in [0.2, 0.25) is 0 Å². The lowest BCUT2D eigenvalue weighted by Crippen LogP contribution is -1.82. The molecule has 0 fully saturated rings. The molecule has 4 aromatic carbocycles. The van der Waals surface area contributed by atoms with Gasteiger partial charge >= 0.3 is 0 Å². The maximum Gasteiger partial charge on any atom is 0.0352 e. The van der Waals surface area contributed by atoms with Crippen molar-refractivity contribution in [3.8, 4) is 0 Å². The monoisotopic (exact) mass is 438 g/mol. The molecular weight excluding hydrogens is 412 g/mol. The summed E-state index contributed by atoms with van der Waals surface area (Å²) in [5.41, 5.74) is 0. The number of hydrogen-bond acceptors (Lipinski definition) is 2. The quantitative estimate of drug-likeness (QED) is 0.179. The van der Waals surface area contributed by atoms with Crippen LogP contribution in [-0.4, -0.2) is 0 Å². The van der Waals surface area contributed by atoms with Crippen molar-refractivity contribution < 1.29 is 0 Å². The van der Waals surface area contributed by atoms with E-state index in [1.165, 1.54) is 95.9 Å². The Hall–Kier alpha value is -2.42. The summed E-state index contributed by atoms with van der Waals surface area (Å²) in [6.45, 7) is 2.28. The standard InChI is InChI=1S/C29H26S2/c1-2-3-4-5-6-7-19-18-27-25-11-9-20-21(23(25)13-15-29(27)31-19)8-10-24-22(20)12-14-28-26(24)16-17-30-28/h8-18H,2-7H2,1H3. The third-order valence-electron chi connectivity index (χ3n) is 6.70. The molecule has 0 atom stereocenters. The molecule has 0 aliphatic rings. The van der Waals surface area contributed by atoms with Crippen LogP contribution in [0.1, 0.15) is 43.9 Å². The summed E-state index contributed by atoms with van der Waals surface area (Å²) < 4.78 is 2.80. The molecule has 0 bridgehead atoms. The fraction of sp³-hybridized carbons (Fsp3) is 0.241. The first kappa shape index (κ1) is 19.3. The second kappa shape index (κ2) is 7.93. The molecule has 0 N–H and O–H groups in total. The normalized spacial score (nSPS) is 12.2. The van der Waals surface area contributed by atoms with Gasteiger partial charge in [-0.2, -0.15) is 0 Å². The molecule has 2 aromatic heterocycles. The summed E-state index contributed by atoms with van der Waals surface area (Å²) in [6, 6.07) is 23.4. The van der Waals surface area contributed by atoms with Crippen molar-refractivity contribution >= 4 is 75.2 Å². The van der Waals surface area contributed by atoms with Crippen molar-refractivity contribution in [2.45, 2.75) is 45.4 Å². The molecular formula is C29H26S2. The Morgan fingerprint density at radius 2 is 1.13 bits per heavy atom. The summed E-state index contributed by atoms with van der Waals surface area (Å²) in [5.74, 6) is 0. The van der Waals surface area contributed by atoms with Crippen LogP contribution < -0.4 is 0 Å². The predicted octanol–water partition coefficient (Wildman–Crippen LogP) is 10.1. The summed E-state index contributed by atoms with van der Waals surface area (Å²) in [7, 11) is 0. The third-order valence-corrected chi connectivity index (χ3v) is 8.74. The minimum atomic E-state index is 1.22. The van der Waals surface area contributed by atoms with E-state index in [1.54, 1.807) is 0 Å². The Morgan fingerprint density at radius 1 is 0.548 bits per heavy atom. The zero-order valence-electron chi connectivity index (χ0n) is 17.9. The Bertz CT molecular complexity index is 1550. The van der Waals surface area contributed by atoms with Crippen LogP contribution in [0.25, 0.3) is 52.5 Å². The smallest absolute Gasteiger partial charge is 0.0352 e. The number of rotatable bonds is 6. The highest BCUT2D eigenvalue weighted by Gasteiger charge is 2.11. The molecule has 2 heteroatoms. The maximum absolute atomic E-state index is 2.46. The van der Waals surface area contributed by atoms with Gasteiger partial charge in [-0.25, -0.2) is 0 Å². The van der Waals surface area contributed by atoms with E-state index < -0.39 is 0 Å². The lowest BCUT2D eigenvalue weighted by molar-refractivity contribution is 0.634. The topological polar surface area (TPSA) is 0 Å². The number of fused-ring (bicyclic) bond motifs is 9. The van der Waals surface area contributed by atoms with Gasteiger partial charge in [-0.3, -0.25) is 0 Å². The highest BCUT2D eigenvalue weighted by molar-refractivity contribution is 7.19. The van der Waals surface area contributed by atoms with Crippen LogP contribution in [0.15, 0.2) is 66.0 Å². The average molecular weight is 439 g/mol. The van der Waals surface area contributed by atoms with E-state index in [0.29, 0.717) is 0 Å². The minimum absolute atomic E-state index is 1.22. The molecule has 0 radical (unpaired) electrons. The van der Waals surface area contributed by atoms with E-state index in [1.807, 2.05) is 22.7 Å². The van der Waals surface area contributed by atoms with Gasteiger partial charge in [0.1, 0.15) is 0 Å². The second-order valence-electron chi connectivity index (χ2n) is 8.67. The molecule has 0 nitrogen and oxygen atoms in total. The van der Waals surface area contributed by atoms with Crippen molar-refractivity contribution in [3.63, 3.8) is 0 Å². The van der Waals surface area contributed by atoms with E-state index in [-0.39, 0.29) is 0 Å². The number of hydrogen-bond donors (Lipinski definition) is 0. The van der Waals surface area contributed by atoms with Crippen molar-refractivity contribution in [1.82, 2.24) is 0 Å². The van der Waals surface area contributed by atoms with Crippen LogP contribution in [0.2, 0.25) is 0 Å². The van der Waals surface area contributed by atoms with Gasteiger partial charge in [0.05, 0.1) is 0 Å². The van der Waals surface area contributed by atoms with E-state index in [9.17, 15) is 0 Å². The van der Waals surface area contributed by atoms with Crippen LogP contribution >= 0.6 is 22.7 Å². The maximum atomic E-state index is 2.46. The van der Waals surface area contributed by atoms with Crippen molar-refractivity contribution in [2.24, 2.45) is 0 Å². The van der Waals surface area contributed by atoms with Crippen LogP contribution in [-0.2, 0) is 6.42 Å². The molecule has 0 saturated carbocycles. The molecule has 6 rings (SSSR count). The molecule has 0 spiro atoms. The van der Waals surface area contributed by atoms with Crippen molar-refractivity contribution in [2.75, 3.05) is 0 Å². The van der Waals surface area contributed by atoms with Gasteiger partial charge in [0.15, 0.2) is 0 Å². The van der Waals surface area contributed by atoms with Gasteiger partial charge in [0, 0.05) is 25.0 Å². The Morgan fingerprint density at radius 3 is 1.84 bits per heavy atom. The number of thiophene rings is 2. The SMILES string of the molecule is CCCCCCCc1cc2c(ccc3c2ccc2c4ccc5sccc5c4ccc32)s1. The first-order chi connectivity index (χ1) is 15.3. The summed E-state index contributed by atoms with van der Waals surface area (Å²) in [5, 5.41) is 13.2. The van der Waals surface area contributed by atoms with Gasteiger partial charge < -0.3 is 0 Å². The zero-order chi connectivity index (χ0) is 20.8. The third kappa shape index (κ3) is 3.24. The largest absolute Gasteiger partial charge is 0.144 e. The van der Waals surface area contributed by atoms with E-state index >= 15 is 0 Å². The zero-order valence-corrected chi connectivity index (χ0v) is 19.5. The molecule has 0 aliphatic carbocycles. The van der Waals surface area contributed by atoms with Crippen LogP contribution in [0.3, 0.4) is 0 Å². The predicted molar refractivity (Wildman–Crippen MR) is 142 cm³/mol. The lowest BCUT2D eigenvalue weighted by atomic mass is 9.95. The van der Waals surface area contributed by atoms with Crippen LogP contribution in [0, 0.1) is 0 Å². The fourth-order valence-electron chi connectivity index (χ4n) is 5.09. The van der Waals surface area contributed by atoms with Crippen molar-refractivity contribution in [3.05, 3.63) is 70.9 Å². The molecule has 0 amide bonds. The van der Waals surface area contributed by atoms with E-state index in [4.69, 9.17) is 0 Å². The van der Waals surface area contributed by atoms with E-state index in [0.717, 1.165) is 0 Å². The summed E-state index contributed by atoms with van der Waals surface area (Å²) in [6.07, 6.45) is 7.96. The highest BCUT2D eigenvalue weighted by Crippen LogP contribution is 2.39. The Balaban J connectivity index is 1.46. The summed E-state index contributed by atoms with van der Waals surface area (Å²) in [4.78, 5) is 1.54. The summed E-state index contributed by atoms with van der Waals surface area (Å²) >= 11 is 3.81. The molecule has 0 unspecified atom stereocenters. The van der Waals surface area contributed by atoms with Crippen LogP contribution in [0.5, 0.6) is 0 Å². The minimum Gasteiger partial charge on any atom is -0.144 e. The van der Waals surface area contributed by atoms with Gasteiger partial charge in [-0.15, -0.1) is 22.7 Å². The average Bonchev–Trinajstić information content (AvgIpc) is 3.45. The van der Waals surface area contributed by atoms with Crippen molar-refractivity contribution in [1.29, 1.82) is 0 Å². The Labute approximate surface area is 191 Å². The lowest BCUT2D eigenvalue weighted by Gasteiger charge is -2.09. The molecule has 0 aliphatic heterocycles. The van der Waals surface area contributed by atoms with Gasteiger partial charge in [-0.1, -0.05) is 69.0 Å².